The molecule has 0 radical (unpaired) electrons. The van der Waals surface area contributed by atoms with Crippen LogP contribution in [0.15, 0.2) is 42.6 Å². The van der Waals surface area contributed by atoms with E-state index in [1.165, 1.54) is 0 Å². The second-order valence-electron chi connectivity index (χ2n) is 5.37. The highest BCUT2D eigenvalue weighted by Crippen LogP contribution is 2.25. The van der Waals surface area contributed by atoms with Gasteiger partial charge in [-0.15, -0.1) is 0 Å². The Labute approximate surface area is 124 Å². The summed E-state index contributed by atoms with van der Waals surface area (Å²) in [5.41, 5.74) is 3.94. The molecule has 2 heterocycles. The van der Waals surface area contributed by atoms with Crippen molar-refractivity contribution < 1.29 is 4.79 Å². The smallest absolute Gasteiger partial charge is 0.321 e. The van der Waals surface area contributed by atoms with Gasteiger partial charge in [0.15, 0.2) is 0 Å². The molecule has 0 bridgehead atoms. The maximum Gasteiger partial charge on any atom is 0.321 e. The van der Waals surface area contributed by atoms with E-state index in [0.29, 0.717) is 0 Å². The van der Waals surface area contributed by atoms with Crippen molar-refractivity contribution in [2.24, 2.45) is 0 Å². The molecule has 108 valence electrons. The number of likely N-dealkylation sites (tertiary alicyclic amines) is 1. The van der Waals surface area contributed by atoms with E-state index in [1.807, 2.05) is 41.3 Å². The van der Waals surface area contributed by atoms with Crippen LogP contribution in [0, 0.1) is 6.92 Å². The Morgan fingerprint density at radius 2 is 2.00 bits per heavy atom. The van der Waals surface area contributed by atoms with Crippen molar-refractivity contribution >= 4 is 11.7 Å². The molecule has 4 nitrogen and oxygen atoms in total. The summed E-state index contributed by atoms with van der Waals surface area (Å²) < 4.78 is 0. The topological polar surface area (TPSA) is 45.2 Å². The summed E-state index contributed by atoms with van der Waals surface area (Å²) in [5.74, 6) is 0. The zero-order valence-corrected chi connectivity index (χ0v) is 12.2. The van der Waals surface area contributed by atoms with E-state index in [4.69, 9.17) is 0 Å². The molecular weight excluding hydrogens is 262 g/mol. The number of benzene rings is 1. The lowest BCUT2D eigenvalue weighted by Gasteiger charge is -2.17. The normalized spacial score (nSPS) is 14.2. The van der Waals surface area contributed by atoms with E-state index >= 15 is 0 Å². The minimum Gasteiger partial charge on any atom is -0.325 e. The largest absolute Gasteiger partial charge is 0.325 e. The maximum atomic E-state index is 12.1. The maximum absolute atomic E-state index is 12.1. The molecule has 1 aliphatic heterocycles. The van der Waals surface area contributed by atoms with Crippen LogP contribution in [0.4, 0.5) is 10.5 Å². The summed E-state index contributed by atoms with van der Waals surface area (Å²) in [5, 5.41) is 2.98. The molecule has 0 spiro atoms. The number of urea groups is 1. The second-order valence-corrected chi connectivity index (χ2v) is 5.37. The number of aromatic nitrogens is 1. The van der Waals surface area contributed by atoms with Crippen molar-refractivity contribution in [3.63, 3.8) is 0 Å². The van der Waals surface area contributed by atoms with Crippen molar-refractivity contribution in [3.05, 3.63) is 48.2 Å². The molecule has 2 aromatic rings. The van der Waals surface area contributed by atoms with E-state index in [2.05, 4.69) is 17.2 Å². The van der Waals surface area contributed by atoms with Gasteiger partial charge in [0, 0.05) is 30.5 Å². The summed E-state index contributed by atoms with van der Waals surface area (Å²) in [6, 6.07) is 11.8. The predicted molar refractivity (Wildman–Crippen MR) is 84.2 cm³/mol. The molecule has 1 aromatic carbocycles. The van der Waals surface area contributed by atoms with Crippen LogP contribution >= 0.6 is 0 Å². The summed E-state index contributed by atoms with van der Waals surface area (Å²) in [6.07, 6.45) is 3.98. The minimum absolute atomic E-state index is 0.0108. The number of rotatable bonds is 2. The van der Waals surface area contributed by atoms with E-state index in [-0.39, 0.29) is 6.03 Å². The Kier molecular flexibility index (Phi) is 3.86. The van der Waals surface area contributed by atoms with E-state index in [0.717, 1.165) is 48.4 Å². The highest BCUT2D eigenvalue weighted by Gasteiger charge is 2.18. The first-order chi connectivity index (χ1) is 10.2. The number of nitrogens with one attached hydrogen (secondary N) is 1. The second kappa shape index (κ2) is 5.95. The fourth-order valence-corrected chi connectivity index (χ4v) is 2.62. The first-order valence-corrected chi connectivity index (χ1v) is 7.32. The Hall–Kier alpha value is -2.36. The lowest BCUT2D eigenvalue weighted by atomic mass is 10.0. The van der Waals surface area contributed by atoms with Crippen LogP contribution in [-0.4, -0.2) is 29.0 Å². The number of anilines is 1. The van der Waals surface area contributed by atoms with Gasteiger partial charge in [-0.25, -0.2) is 4.79 Å². The quantitative estimate of drug-likeness (QED) is 0.912. The minimum atomic E-state index is -0.0108. The molecule has 0 aliphatic carbocycles. The molecule has 1 N–H and O–H groups in total. The molecule has 1 saturated heterocycles. The van der Waals surface area contributed by atoms with Crippen molar-refractivity contribution in [1.82, 2.24) is 9.88 Å². The van der Waals surface area contributed by atoms with Gasteiger partial charge in [0.25, 0.3) is 0 Å². The number of amides is 2. The third-order valence-electron chi connectivity index (χ3n) is 3.82. The Balaban J connectivity index is 1.82. The highest BCUT2D eigenvalue weighted by molar-refractivity contribution is 5.90. The van der Waals surface area contributed by atoms with Gasteiger partial charge >= 0.3 is 6.03 Å². The lowest BCUT2D eigenvalue weighted by molar-refractivity contribution is 0.222. The zero-order chi connectivity index (χ0) is 14.7. The average Bonchev–Trinajstić information content (AvgIpc) is 3.04. The monoisotopic (exact) mass is 281 g/mol. The standard InChI is InChI=1S/C17H19N3O/c1-13-7-8-14(19-17(21)20-10-4-5-11-20)12-15(13)16-6-2-3-9-18-16/h2-3,6-9,12H,4-5,10-11H2,1H3,(H,19,21). The van der Waals surface area contributed by atoms with Crippen LogP contribution in [0.5, 0.6) is 0 Å². The van der Waals surface area contributed by atoms with Crippen LogP contribution in [0.25, 0.3) is 11.3 Å². The van der Waals surface area contributed by atoms with Crippen molar-refractivity contribution in [2.75, 3.05) is 18.4 Å². The molecule has 1 fully saturated rings. The average molecular weight is 281 g/mol. The molecule has 1 aromatic heterocycles. The number of carbonyl (C=O) groups is 1. The Morgan fingerprint density at radius 3 is 2.71 bits per heavy atom. The van der Waals surface area contributed by atoms with Gasteiger partial charge in [0.1, 0.15) is 0 Å². The first-order valence-electron chi connectivity index (χ1n) is 7.32. The van der Waals surface area contributed by atoms with Gasteiger partial charge in [0.2, 0.25) is 0 Å². The summed E-state index contributed by atoms with van der Waals surface area (Å²) in [6.45, 7) is 3.76. The van der Waals surface area contributed by atoms with Gasteiger partial charge in [-0.2, -0.15) is 0 Å². The number of hydrogen-bond acceptors (Lipinski definition) is 2. The number of hydrogen-bond donors (Lipinski definition) is 1. The summed E-state index contributed by atoms with van der Waals surface area (Å²) >= 11 is 0. The van der Waals surface area contributed by atoms with Gasteiger partial charge in [-0.3, -0.25) is 4.98 Å². The van der Waals surface area contributed by atoms with Crippen LogP contribution in [0.2, 0.25) is 0 Å². The van der Waals surface area contributed by atoms with E-state index < -0.39 is 0 Å². The van der Waals surface area contributed by atoms with E-state index in [9.17, 15) is 4.79 Å². The molecule has 0 unspecified atom stereocenters. The fraction of sp³-hybridized carbons (Fsp3) is 0.294. The summed E-state index contributed by atoms with van der Waals surface area (Å²) in [7, 11) is 0. The number of nitrogens with zero attached hydrogens (tertiary/aromatic N) is 2. The highest BCUT2D eigenvalue weighted by atomic mass is 16.2. The van der Waals surface area contributed by atoms with Crippen molar-refractivity contribution in [1.29, 1.82) is 0 Å². The fourth-order valence-electron chi connectivity index (χ4n) is 2.62. The SMILES string of the molecule is Cc1ccc(NC(=O)N2CCCC2)cc1-c1ccccn1. The van der Waals surface area contributed by atoms with Gasteiger partial charge in [-0.1, -0.05) is 12.1 Å². The van der Waals surface area contributed by atoms with Crippen LogP contribution < -0.4 is 5.32 Å². The molecule has 2 amide bonds. The number of carbonyl (C=O) groups excluding carboxylic acids is 1. The van der Waals surface area contributed by atoms with Gasteiger partial charge in [0.05, 0.1) is 5.69 Å². The molecule has 0 saturated carbocycles. The van der Waals surface area contributed by atoms with E-state index in [1.54, 1.807) is 6.20 Å². The first kappa shape index (κ1) is 13.6. The number of aryl methyl sites for hydroxylation is 1. The molecule has 4 heteroatoms. The molecule has 21 heavy (non-hydrogen) atoms. The summed E-state index contributed by atoms with van der Waals surface area (Å²) in [4.78, 5) is 18.4. The van der Waals surface area contributed by atoms with Crippen molar-refractivity contribution in [2.45, 2.75) is 19.8 Å². The molecule has 1 aliphatic rings. The molecule has 3 rings (SSSR count). The third kappa shape index (κ3) is 3.05. The third-order valence-corrected chi connectivity index (χ3v) is 3.82. The van der Waals surface area contributed by atoms with Gasteiger partial charge in [-0.05, 0) is 49.6 Å². The van der Waals surface area contributed by atoms with Crippen LogP contribution in [0.1, 0.15) is 18.4 Å². The Morgan fingerprint density at radius 1 is 1.19 bits per heavy atom. The number of pyridine rings is 1. The van der Waals surface area contributed by atoms with Crippen molar-refractivity contribution in [3.8, 4) is 11.3 Å². The van der Waals surface area contributed by atoms with Crippen LogP contribution in [0.3, 0.4) is 0 Å². The Bertz CT molecular complexity index is 634. The van der Waals surface area contributed by atoms with Gasteiger partial charge < -0.3 is 10.2 Å². The van der Waals surface area contributed by atoms with Crippen LogP contribution in [-0.2, 0) is 0 Å². The molecular formula is C17H19N3O. The zero-order valence-electron chi connectivity index (χ0n) is 12.2. The molecule has 0 atom stereocenters. The predicted octanol–water partition coefficient (Wildman–Crippen LogP) is 3.68. The lowest BCUT2D eigenvalue weighted by Crippen LogP contribution is -2.32.